The summed E-state index contributed by atoms with van der Waals surface area (Å²) in [7, 11) is 0. The molecular weight excluding hydrogens is 188 g/mol. The fraction of sp³-hybridized carbons (Fsp3) is 0.250. The van der Waals surface area contributed by atoms with Gasteiger partial charge in [0.15, 0.2) is 0 Å². The number of nitrogens with two attached hydrogens (primary N) is 1. The van der Waals surface area contributed by atoms with Gasteiger partial charge in [-0.15, -0.1) is 0 Å². The Morgan fingerprint density at radius 3 is 3.00 bits per heavy atom. The van der Waals surface area contributed by atoms with Gasteiger partial charge in [0, 0.05) is 31.1 Å². The predicted molar refractivity (Wildman–Crippen MR) is 61.0 cm³/mol. The van der Waals surface area contributed by atoms with Gasteiger partial charge in [-0.2, -0.15) is 0 Å². The van der Waals surface area contributed by atoms with Crippen molar-refractivity contribution in [2.24, 2.45) is 0 Å². The molecule has 0 aliphatic heterocycles. The maximum Gasteiger partial charge on any atom is 0.216 e. The van der Waals surface area contributed by atoms with Crippen LogP contribution in [0.1, 0.15) is 18.9 Å². The summed E-state index contributed by atoms with van der Waals surface area (Å²) >= 11 is 0. The molecule has 0 fully saturated rings. The van der Waals surface area contributed by atoms with E-state index in [0.717, 1.165) is 5.56 Å². The summed E-state index contributed by atoms with van der Waals surface area (Å²) < 4.78 is 0. The second kappa shape index (κ2) is 5.71. The van der Waals surface area contributed by atoms with E-state index in [2.05, 4.69) is 17.2 Å². The molecule has 78 valence electrons. The fourth-order valence-corrected chi connectivity index (χ4v) is 1.08. The Balaban J connectivity index is 2.41. The van der Waals surface area contributed by atoms with Crippen LogP contribution in [-0.2, 0) is 4.79 Å². The van der Waals surface area contributed by atoms with Gasteiger partial charge in [-0.3, -0.25) is 4.79 Å². The lowest BCUT2D eigenvalue weighted by molar-refractivity contribution is -0.118. The molecule has 0 aliphatic carbocycles. The van der Waals surface area contributed by atoms with E-state index in [1.807, 2.05) is 24.3 Å². The monoisotopic (exact) mass is 202 g/mol. The molecule has 3 heteroatoms. The van der Waals surface area contributed by atoms with Gasteiger partial charge in [0.05, 0.1) is 0 Å². The zero-order valence-corrected chi connectivity index (χ0v) is 8.71. The number of benzene rings is 1. The summed E-state index contributed by atoms with van der Waals surface area (Å²) in [5.74, 6) is 5.91. The first-order valence-corrected chi connectivity index (χ1v) is 4.77. The molecule has 3 N–H and O–H groups in total. The van der Waals surface area contributed by atoms with E-state index in [0.29, 0.717) is 18.7 Å². The number of rotatable bonds is 2. The molecule has 0 radical (unpaired) electrons. The van der Waals surface area contributed by atoms with Gasteiger partial charge >= 0.3 is 0 Å². The number of hydrogen-bond donors (Lipinski definition) is 2. The Hall–Kier alpha value is -1.95. The second-order valence-electron chi connectivity index (χ2n) is 3.16. The van der Waals surface area contributed by atoms with Crippen LogP contribution in [0.2, 0.25) is 0 Å². The number of anilines is 1. The highest BCUT2D eigenvalue weighted by Gasteiger charge is 1.88. The first-order valence-electron chi connectivity index (χ1n) is 4.77. The molecule has 0 saturated carbocycles. The minimum atomic E-state index is -0.0271. The van der Waals surface area contributed by atoms with E-state index in [1.54, 1.807) is 0 Å². The molecule has 0 aromatic heterocycles. The maximum atomic E-state index is 10.5. The van der Waals surface area contributed by atoms with Crippen LogP contribution in [-0.4, -0.2) is 12.5 Å². The van der Waals surface area contributed by atoms with Crippen LogP contribution in [0.15, 0.2) is 24.3 Å². The van der Waals surface area contributed by atoms with Crippen LogP contribution in [0.5, 0.6) is 0 Å². The Morgan fingerprint density at radius 2 is 2.33 bits per heavy atom. The average molecular weight is 202 g/mol. The Morgan fingerprint density at radius 1 is 1.53 bits per heavy atom. The highest BCUT2D eigenvalue weighted by molar-refractivity contribution is 5.72. The molecule has 0 saturated heterocycles. The quantitative estimate of drug-likeness (QED) is 0.429. The predicted octanol–water partition coefficient (Wildman–Crippen LogP) is 1.15. The summed E-state index contributed by atoms with van der Waals surface area (Å²) in [4.78, 5) is 10.5. The first-order chi connectivity index (χ1) is 7.18. The lowest BCUT2D eigenvalue weighted by Crippen LogP contribution is -2.20. The largest absolute Gasteiger partial charge is 0.399 e. The van der Waals surface area contributed by atoms with Crippen molar-refractivity contribution in [3.05, 3.63) is 29.8 Å². The molecule has 1 rings (SSSR count). The molecule has 1 aromatic rings. The van der Waals surface area contributed by atoms with Crippen molar-refractivity contribution in [1.82, 2.24) is 5.32 Å². The van der Waals surface area contributed by atoms with Crippen molar-refractivity contribution in [2.45, 2.75) is 13.3 Å². The molecule has 15 heavy (non-hydrogen) atoms. The number of nitrogens with one attached hydrogen (secondary N) is 1. The SMILES string of the molecule is CC(=O)NCCC#Cc1cccc(N)c1. The summed E-state index contributed by atoms with van der Waals surface area (Å²) in [5.41, 5.74) is 7.22. The van der Waals surface area contributed by atoms with E-state index < -0.39 is 0 Å². The topological polar surface area (TPSA) is 55.1 Å². The molecule has 0 atom stereocenters. The summed E-state index contributed by atoms with van der Waals surface area (Å²) in [6.07, 6.45) is 0.647. The Kier molecular flexibility index (Phi) is 4.24. The standard InChI is InChI=1S/C12H14N2O/c1-10(15)14-8-3-2-5-11-6-4-7-12(13)9-11/h4,6-7,9H,3,8,13H2,1H3,(H,14,15). The van der Waals surface area contributed by atoms with Crippen molar-refractivity contribution >= 4 is 11.6 Å². The molecule has 0 spiro atoms. The maximum absolute atomic E-state index is 10.5. The van der Waals surface area contributed by atoms with Gasteiger partial charge in [-0.25, -0.2) is 0 Å². The van der Waals surface area contributed by atoms with E-state index >= 15 is 0 Å². The molecule has 3 nitrogen and oxygen atoms in total. The van der Waals surface area contributed by atoms with E-state index in [1.165, 1.54) is 6.92 Å². The molecule has 1 amide bonds. The van der Waals surface area contributed by atoms with Crippen molar-refractivity contribution in [1.29, 1.82) is 0 Å². The molecule has 0 aliphatic rings. The van der Waals surface area contributed by atoms with Gasteiger partial charge in [0.2, 0.25) is 5.91 Å². The second-order valence-corrected chi connectivity index (χ2v) is 3.16. The van der Waals surface area contributed by atoms with E-state index in [4.69, 9.17) is 5.73 Å². The number of amides is 1. The van der Waals surface area contributed by atoms with Crippen LogP contribution in [0, 0.1) is 11.8 Å². The highest BCUT2D eigenvalue weighted by atomic mass is 16.1. The smallest absolute Gasteiger partial charge is 0.216 e. The number of hydrogen-bond acceptors (Lipinski definition) is 2. The third-order valence-corrected chi connectivity index (χ3v) is 1.74. The summed E-state index contributed by atoms with van der Waals surface area (Å²) in [6, 6.07) is 7.42. The van der Waals surface area contributed by atoms with Gasteiger partial charge in [-0.1, -0.05) is 17.9 Å². The lowest BCUT2D eigenvalue weighted by Gasteiger charge is -1.95. The zero-order chi connectivity index (χ0) is 11.1. The van der Waals surface area contributed by atoms with Crippen molar-refractivity contribution in [3.8, 4) is 11.8 Å². The fourth-order valence-electron chi connectivity index (χ4n) is 1.08. The van der Waals surface area contributed by atoms with Gasteiger partial charge in [0.1, 0.15) is 0 Å². The number of carbonyl (C=O) groups is 1. The van der Waals surface area contributed by atoms with Crippen molar-refractivity contribution in [2.75, 3.05) is 12.3 Å². The van der Waals surface area contributed by atoms with Crippen LogP contribution in [0.3, 0.4) is 0 Å². The first kappa shape index (κ1) is 11.1. The molecule has 0 unspecified atom stereocenters. The van der Waals surface area contributed by atoms with Gasteiger partial charge in [-0.05, 0) is 18.2 Å². The Labute approximate surface area is 89.7 Å². The minimum Gasteiger partial charge on any atom is -0.399 e. The van der Waals surface area contributed by atoms with Crippen LogP contribution < -0.4 is 11.1 Å². The zero-order valence-electron chi connectivity index (χ0n) is 8.71. The highest BCUT2D eigenvalue weighted by Crippen LogP contribution is 2.04. The summed E-state index contributed by atoms with van der Waals surface area (Å²) in [5, 5.41) is 2.68. The number of nitrogen functional groups attached to an aromatic ring is 1. The average Bonchev–Trinajstić information content (AvgIpc) is 2.17. The third kappa shape index (κ3) is 4.72. The van der Waals surface area contributed by atoms with Gasteiger partial charge < -0.3 is 11.1 Å². The lowest BCUT2D eigenvalue weighted by atomic mass is 10.2. The molecule has 0 heterocycles. The van der Waals surface area contributed by atoms with Crippen LogP contribution in [0.25, 0.3) is 0 Å². The normalized spacial score (nSPS) is 8.87. The third-order valence-electron chi connectivity index (χ3n) is 1.74. The minimum absolute atomic E-state index is 0.0271. The molecular formula is C12H14N2O. The summed E-state index contributed by atoms with van der Waals surface area (Å²) in [6.45, 7) is 2.08. The van der Waals surface area contributed by atoms with E-state index in [-0.39, 0.29) is 5.91 Å². The van der Waals surface area contributed by atoms with E-state index in [9.17, 15) is 4.79 Å². The Bertz CT molecular complexity index is 402. The van der Waals surface area contributed by atoms with Crippen molar-refractivity contribution in [3.63, 3.8) is 0 Å². The molecule has 1 aromatic carbocycles. The number of carbonyl (C=O) groups excluding carboxylic acids is 1. The molecule has 0 bridgehead atoms. The van der Waals surface area contributed by atoms with Gasteiger partial charge in [0.25, 0.3) is 0 Å². The van der Waals surface area contributed by atoms with Crippen molar-refractivity contribution < 1.29 is 4.79 Å². The van der Waals surface area contributed by atoms with Crippen LogP contribution >= 0.6 is 0 Å². The van der Waals surface area contributed by atoms with Crippen LogP contribution in [0.4, 0.5) is 5.69 Å².